The Morgan fingerprint density at radius 2 is 1.94 bits per heavy atom. The van der Waals surface area contributed by atoms with Gasteiger partial charge in [-0.2, -0.15) is 0 Å². The van der Waals surface area contributed by atoms with Crippen molar-refractivity contribution >= 4 is 5.97 Å². The summed E-state index contributed by atoms with van der Waals surface area (Å²) in [6, 6.07) is 5.73. The first kappa shape index (κ1) is 12.1. The highest BCUT2D eigenvalue weighted by molar-refractivity contribution is 5.89. The molecule has 17 heavy (non-hydrogen) atoms. The third-order valence-corrected chi connectivity index (χ3v) is 2.83. The fraction of sp³-hybridized carbons (Fsp3) is 0.500. The Morgan fingerprint density at radius 1 is 1.24 bits per heavy atom. The van der Waals surface area contributed by atoms with Crippen LogP contribution in [-0.4, -0.2) is 18.9 Å². The molecule has 0 aliphatic carbocycles. The van der Waals surface area contributed by atoms with Gasteiger partial charge in [0.05, 0.1) is 12.2 Å². The van der Waals surface area contributed by atoms with Crippen LogP contribution in [0.4, 0.5) is 0 Å². The predicted molar refractivity (Wildman–Crippen MR) is 64.9 cm³/mol. The van der Waals surface area contributed by atoms with Gasteiger partial charge >= 0.3 is 5.97 Å². The number of hydrogen-bond donors (Lipinski definition) is 0. The third-order valence-electron chi connectivity index (χ3n) is 2.83. The average Bonchev–Trinajstić information content (AvgIpc) is 2.29. The van der Waals surface area contributed by atoms with Gasteiger partial charge < -0.3 is 9.47 Å². The number of carbonyl (C=O) groups is 1. The molecule has 1 aromatic carbocycles. The van der Waals surface area contributed by atoms with Crippen molar-refractivity contribution in [3.63, 3.8) is 0 Å². The highest BCUT2D eigenvalue weighted by Crippen LogP contribution is 2.17. The van der Waals surface area contributed by atoms with Crippen LogP contribution in [0.15, 0.2) is 18.2 Å². The Kier molecular flexibility index (Phi) is 3.79. The van der Waals surface area contributed by atoms with E-state index in [1.807, 2.05) is 32.0 Å². The first-order valence-electron chi connectivity index (χ1n) is 6.06. The minimum Gasteiger partial charge on any atom is -0.432 e. The molecule has 1 heterocycles. The molecule has 3 nitrogen and oxygen atoms in total. The zero-order chi connectivity index (χ0) is 12.3. The molecular weight excluding hydrogens is 216 g/mol. The van der Waals surface area contributed by atoms with Crippen LogP contribution in [0.2, 0.25) is 0 Å². The summed E-state index contributed by atoms with van der Waals surface area (Å²) in [5.74, 6) is -0.288. The molecule has 0 N–H and O–H groups in total. The third kappa shape index (κ3) is 3.30. The van der Waals surface area contributed by atoms with E-state index in [0.717, 1.165) is 30.4 Å². The molecule has 0 saturated carbocycles. The van der Waals surface area contributed by atoms with Gasteiger partial charge in [-0.05, 0) is 38.8 Å². The van der Waals surface area contributed by atoms with E-state index in [1.165, 1.54) is 0 Å². The first-order valence-corrected chi connectivity index (χ1v) is 6.06. The molecule has 0 radical (unpaired) electrons. The lowest BCUT2D eigenvalue weighted by Crippen LogP contribution is -2.25. The number of esters is 1. The highest BCUT2D eigenvalue weighted by Gasteiger charge is 2.19. The van der Waals surface area contributed by atoms with Crippen molar-refractivity contribution in [2.75, 3.05) is 6.61 Å². The number of benzene rings is 1. The van der Waals surface area contributed by atoms with Crippen LogP contribution in [0.3, 0.4) is 0 Å². The van der Waals surface area contributed by atoms with Crippen LogP contribution in [0.25, 0.3) is 0 Å². The second-order valence-corrected chi connectivity index (χ2v) is 4.58. The summed E-state index contributed by atoms with van der Waals surface area (Å²) < 4.78 is 10.7. The van der Waals surface area contributed by atoms with E-state index in [-0.39, 0.29) is 12.3 Å². The molecule has 0 amide bonds. The van der Waals surface area contributed by atoms with Crippen molar-refractivity contribution in [3.05, 3.63) is 34.9 Å². The van der Waals surface area contributed by atoms with Crippen molar-refractivity contribution in [2.45, 2.75) is 39.4 Å². The normalized spacial score (nSPS) is 20.0. The van der Waals surface area contributed by atoms with E-state index in [9.17, 15) is 4.79 Å². The van der Waals surface area contributed by atoms with Crippen LogP contribution in [0.1, 0.15) is 40.7 Å². The van der Waals surface area contributed by atoms with Gasteiger partial charge in [0.25, 0.3) is 0 Å². The van der Waals surface area contributed by atoms with Gasteiger partial charge in [0.2, 0.25) is 6.29 Å². The summed E-state index contributed by atoms with van der Waals surface area (Å²) in [7, 11) is 0. The van der Waals surface area contributed by atoms with Crippen molar-refractivity contribution in [1.82, 2.24) is 0 Å². The molecule has 1 saturated heterocycles. The molecule has 0 aromatic heterocycles. The van der Waals surface area contributed by atoms with Gasteiger partial charge in [0.15, 0.2) is 0 Å². The van der Waals surface area contributed by atoms with Crippen LogP contribution in [0.5, 0.6) is 0 Å². The first-order chi connectivity index (χ1) is 8.15. The maximum Gasteiger partial charge on any atom is 0.340 e. The molecule has 1 fully saturated rings. The number of hydrogen-bond acceptors (Lipinski definition) is 3. The van der Waals surface area contributed by atoms with E-state index in [1.54, 1.807) is 0 Å². The van der Waals surface area contributed by atoms with Crippen LogP contribution in [0, 0.1) is 13.8 Å². The van der Waals surface area contributed by atoms with Gasteiger partial charge in [-0.25, -0.2) is 4.79 Å². The second kappa shape index (κ2) is 5.32. The standard InChI is InChI=1S/C14H18O3/c1-10-7-11(2)9-12(8-10)14(15)17-13-5-3-4-6-16-13/h7-9,13H,3-6H2,1-2H3. The zero-order valence-electron chi connectivity index (χ0n) is 10.4. The Balaban J connectivity index is 2.03. The topological polar surface area (TPSA) is 35.5 Å². The van der Waals surface area contributed by atoms with Gasteiger partial charge in [0, 0.05) is 6.42 Å². The second-order valence-electron chi connectivity index (χ2n) is 4.58. The van der Waals surface area contributed by atoms with Crippen molar-refractivity contribution in [1.29, 1.82) is 0 Å². The van der Waals surface area contributed by atoms with E-state index < -0.39 is 0 Å². The number of ether oxygens (including phenoxy) is 2. The van der Waals surface area contributed by atoms with Gasteiger partial charge in [0.1, 0.15) is 0 Å². The van der Waals surface area contributed by atoms with Crippen LogP contribution < -0.4 is 0 Å². The monoisotopic (exact) mass is 234 g/mol. The molecular formula is C14H18O3. The number of rotatable bonds is 2. The number of aryl methyl sites for hydroxylation is 2. The lowest BCUT2D eigenvalue weighted by molar-refractivity contribution is -0.131. The highest BCUT2D eigenvalue weighted by atomic mass is 16.7. The lowest BCUT2D eigenvalue weighted by Gasteiger charge is -2.22. The fourth-order valence-electron chi connectivity index (χ4n) is 2.08. The summed E-state index contributed by atoms with van der Waals surface area (Å²) >= 11 is 0. The lowest BCUT2D eigenvalue weighted by atomic mass is 10.1. The Bertz CT molecular complexity index is 386. The van der Waals surface area contributed by atoms with Gasteiger partial charge in [-0.15, -0.1) is 0 Å². The summed E-state index contributed by atoms with van der Waals surface area (Å²) in [6.45, 7) is 4.63. The van der Waals surface area contributed by atoms with Crippen LogP contribution in [-0.2, 0) is 9.47 Å². The van der Waals surface area contributed by atoms with E-state index in [4.69, 9.17) is 9.47 Å². The Morgan fingerprint density at radius 3 is 2.53 bits per heavy atom. The van der Waals surface area contributed by atoms with Crippen LogP contribution >= 0.6 is 0 Å². The summed E-state index contributed by atoms with van der Waals surface area (Å²) in [5, 5.41) is 0. The van der Waals surface area contributed by atoms with E-state index >= 15 is 0 Å². The zero-order valence-corrected chi connectivity index (χ0v) is 10.4. The SMILES string of the molecule is Cc1cc(C)cc(C(=O)OC2CCCCO2)c1. The molecule has 2 rings (SSSR count). The van der Waals surface area contributed by atoms with Crippen molar-refractivity contribution < 1.29 is 14.3 Å². The van der Waals surface area contributed by atoms with Gasteiger partial charge in [-0.3, -0.25) is 0 Å². The molecule has 92 valence electrons. The molecule has 1 aliphatic rings. The Labute approximate surface area is 102 Å². The minimum absolute atomic E-state index is 0.288. The smallest absolute Gasteiger partial charge is 0.340 e. The summed E-state index contributed by atoms with van der Waals surface area (Å²) in [4.78, 5) is 11.9. The molecule has 1 atom stereocenters. The van der Waals surface area contributed by atoms with Crippen molar-refractivity contribution in [2.24, 2.45) is 0 Å². The maximum absolute atomic E-state index is 11.9. The molecule has 1 aromatic rings. The summed E-state index contributed by atoms with van der Waals surface area (Å²) in [5.41, 5.74) is 2.75. The maximum atomic E-state index is 11.9. The van der Waals surface area contributed by atoms with Gasteiger partial charge in [-0.1, -0.05) is 17.2 Å². The average molecular weight is 234 g/mol. The fourth-order valence-corrected chi connectivity index (χ4v) is 2.08. The van der Waals surface area contributed by atoms with Crippen molar-refractivity contribution in [3.8, 4) is 0 Å². The Hall–Kier alpha value is -1.35. The molecule has 0 bridgehead atoms. The van der Waals surface area contributed by atoms with E-state index in [0.29, 0.717) is 12.2 Å². The molecule has 0 spiro atoms. The quantitative estimate of drug-likeness (QED) is 0.738. The van der Waals surface area contributed by atoms with E-state index in [2.05, 4.69) is 0 Å². The number of carbonyl (C=O) groups excluding carboxylic acids is 1. The minimum atomic E-state index is -0.364. The molecule has 1 aliphatic heterocycles. The summed E-state index contributed by atoms with van der Waals surface area (Å²) in [6.07, 6.45) is 2.55. The largest absolute Gasteiger partial charge is 0.432 e. The predicted octanol–water partition coefficient (Wildman–Crippen LogP) is 2.99. The molecule has 3 heteroatoms. The molecule has 1 unspecified atom stereocenters.